The zero-order chi connectivity index (χ0) is 9.64. The SMILES string of the molecule is O=C(O)C1CC2(C(=O)O)CCC1O2. The van der Waals surface area contributed by atoms with Crippen LogP contribution in [0, 0.1) is 5.92 Å². The lowest BCUT2D eigenvalue weighted by molar-refractivity contribution is -0.158. The van der Waals surface area contributed by atoms with Gasteiger partial charge in [0, 0.05) is 6.42 Å². The molecule has 2 bridgehead atoms. The molecule has 0 amide bonds. The maximum Gasteiger partial charge on any atom is 0.336 e. The molecule has 72 valence electrons. The molecule has 2 N–H and O–H groups in total. The number of ether oxygens (including phenoxy) is 1. The average molecular weight is 186 g/mol. The van der Waals surface area contributed by atoms with Crippen molar-refractivity contribution in [2.24, 2.45) is 5.92 Å². The maximum absolute atomic E-state index is 10.8. The van der Waals surface area contributed by atoms with Crippen LogP contribution < -0.4 is 0 Å². The van der Waals surface area contributed by atoms with Crippen LogP contribution in [0.1, 0.15) is 19.3 Å². The fourth-order valence-corrected chi connectivity index (χ4v) is 2.19. The normalized spacial score (nSPS) is 42.2. The van der Waals surface area contributed by atoms with Crippen molar-refractivity contribution < 1.29 is 24.5 Å². The van der Waals surface area contributed by atoms with Gasteiger partial charge in [0.05, 0.1) is 12.0 Å². The molecule has 2 rings (SSSR count). The van der Waals surface area contributed by atoms with Crippen LogP contribution in [0.15, 0.2) is 0 Å². The first-order valence-electron chi connectivity index (χ1n) is 4.19. The molecule has 5 nitrogen and oxygen atoms in total. The Bertz CT molecular complexity index is 274. The van der Waals surface area contributed by atoms with Gasteiger partial charge in [-0.2, -0.15) is 0 Å². The number of hydrogen-bond donors (Lipinski definition) is 2. The molecule has 0 spiro atoms. The molecule has 2 saturated heterocycles. The van der Waals surface area contributed by atoms with E-state index in [1.165, 1.54) is 0 Å². The first-order chi connectivity index (χ1) is 6.05. The van der Waals surface area contributed by atoms with Crippen LogP contribution >= 0.6 is 0 Å². The lowest BCUT2D eigenvalue weighted by atomic mass is 9.81. The van der Waals surface area contributed by atoms with Crippen molar-refractivity contribution in [2.45, 2.75) is 31.0 Å². The summed E-state index contributed by atoms with van der Waals surface area (Å²) in [7, 11) is 0. The van der Waals surface area contributed by atoms with Crippen LogP contribution in [-0.4, -0.2) is 33.9 Å². The van der Waals surface area contributed by atoms with Crippen molar-refractivity contribution >= 4 is 11.9 Å². The van der Waals surface area contributed by atoms with E-state index in [-0.39, 0.29) is 6.42 Å². The predicted molar refractivity (Wildman–Crippen MR) is 40.2 cm³/mol. The zero-order valence-electron chi connectivity index (χ0n) is 6.90. The van der Waals surface area contributed by atoms with Crippen LogP contribution in [0.4, 0.5) is 0 Å². The van der Waals surface area contributed by atoms with Crippen molar-refractivity contribution in [2.75, 3.05) is 0 Å². The highest BCUT2D eigenvalue weighted by Gasteiger charge is 2.58. The Kier molecular flexibility index (Phi) is 1.60. The molecule has 0 saturated carbocycles. The molecule has 2 heterocycles. The Labute approximate surface area is 74.3 Å². The van der Waals surface area contributed by atoms with E-state index in [9.17, 15) is 9.59 Å². The number of carboxylic acid groups (broad SMARTS) is 2. The molecule has 2 aliphatic rings. The van der Waals surface area contributed by atoms with Crippen molar-refractivity contribution in [3.8, 4) is 0 Å². The van der Waals surface area contributed by atoms with Gasteiger partial charge in [-0.05, 0) is 12.8 Å². The summed E-state index contributed by atoms with van der Waals surface area (Å²) < 4.78 is 5.21. The quantitative estimate of drug-likeness (QED) is 0.638. The van der Waals surface area contributed by atoms with Gasteiger partial charge in [0.15, 0.2) is 5.60 Å². The highest BCUT2D eigenvalue weighted by molar-refractivity contribution is 5.81. The molecular formula is C8H10O5. The van der Waals surface area contributed by atoms with Crippen LogP contribution in [0.25, 0.3) is 0 Å². The molecule has 3 atom stereocenters. The number of hydrogen-bond acceptors (Lipinski definition) is 3. The van der Waals surface area contributed by atoms with Crippen molar-refractivity contribution in [1.82, 2.24) is 0 Å². The smallest absolute Gasteiger partial charge is 0.336 e. The standard InChI is InChI=1S/C8H10O5/c9-6(10)4-3-8(7(11)12)2-1-5(4)13-8/h4-5H,1-3H2,(H,9,10)(H,11,12). The van der Waals surface area contributed by atoms with Crippen LogP contribution in [0.5, 0.6) is 0 Å². The van der Waals surface area contributed by atoms with Gasteiger partial charge in [-0.3, -0.25) is 4.79 Å². The molecule has 0 aliphatic carbocycles. The van der Waals surface area contributed by atoms with Gasteiger partial charge in [0.25, 0.3) is 0 Å². The summed E-state index contributed by atoms with van der Waals surface area (Å²) in [4.78, 5) is 21.5. The average Bonchev–Trinajstić information content (AvgIpc) is 2.60. The first kappa shape index (κ1) is 8.50. The molecule has 0 aromatic heterocycles. The van der Waals surface area contributed by atoms with Gasteiger partial charge in [-0.15, -0.1) is 0 Å². The molecule has 2 fully saturated rings. The monoisotopic (exact) mass is 186 g/mol. The number of aliphatic carboxylic acids is 2. The summed E-state index contributed by atoms with van der Waals surface area (Å²) in [6.07, 6.45) is 0.705. The van der Waals surface area contributed by atoms with E-state index in [1.807, 2.05) is 0 Å². The summed E-state index contributed by atoms with van der Waals surface area (Å²) in [6, 6.07) is 0. The second kappa shape index (κ2) is 2.45. The Balaban J connectivity index is 2.22. The van der Waals surface area contributed by atoms with E-state index in [0.29, 0.717) is 12.8 Å². The van der Waals surface area contributed by atoms with Crippen molar-refractivity contribution in [1.29, 1.82) is 0 Å². The molecule has 0 radical (unpaired) electrons. The van der Waals surface area contributed by atoms with E-state index in [4.69, 9.17) is 14.9 Å². The minimum absolute atomic E-state index is 0.113. The summed E-state index contributed by atoms with van der Waals surface area (Å²) in [5, 5.41) is 17.6. The second-order valence-electron chi connectivity index (χ2n) is 3.64. The molecule has 0 aromatic carbocycles. The molecule has 2 aliphatic heterocycles. The van der Waals surface area contributed by atoms with Crippen LogP contribution in [-0.2, 0) is 14.3 Å². The molecule has 3 unspecified atom stereocenters. The molecule has 5 heteroatoms. The third-order valence-electron chi connectivity index (χ3n) is 2.92. The summed E-state index contributed by atoms with van der Waals surface area (Å²) >= 11 is 0. The molecule has 13 heavy (non-hydrogen) atoms. The van der Waals surface area contributed by atoms with Crippen LogP contribution in [0.3, 0.4) is 0 Å². The van der Waals surface area contributed by atoms with E-state index in [0.717, 1.165) is 0 Å². The van der Waals surface area contributed by atoms with Crippen molar-refractivity contribution in [3.63, 3.8) is 0 Å². The van der Waals surface area contributed by atoms with E-state index in [2.05, 4.69) is 0 Å². The number of fused-ring (bicyclic) bond motifs is 2. The summed E-state index contributed by atoms with van der Waals surface area (Å²) in [5.41, 5.74) is -1.20. The molecular weight excluding hydrogens is 176 g/mol. The third kappa shape index (κ3) is 1.03. The largest absolute Gasteiger partial charge is 0.481 e. The van der Waals surface area contributed by atoms with E-state index >= 15 is 0 Å². The van der Waals surface area contributed by atoms with Gasteiger partial charge in [-0.1, -0.05) is 0 Å². The zero-order valence-corrected chi connectivity index (χ0v) is 6.90. The minimum atomic E-state index is -1.20. The van der Waals surface area contributed by atoms with Crippen LogP contribution in [0.2, 0.25) is 0 Å². The predicted octanol–water partition coefficient (Wildman–Crippen LogP) is 0.0933. The van der Waals surface area contributed by atoms with Gasteiger partial charge >= 0.3 is 11.9 Å². The number of carbonyl (C=O) groups is 2. The third-order valence-corrected chi connectivity index (χ3v) is 2.92. The van der Waals surface area contributed by atoms with Crippen molar-refractivity contribution in [3.05, 3.63) is 0 Å². The Morgan fingerprint density at radius 1 is 1.38 bits per heavy atom. The van der Waals surface area contributed by atoms with Gasteiger partial charge < -0.3 is 14.9 Å². The highest BCUT2D eigenvalue weighted by Crippen LogP contribution is 2.47. The maximum atomic E-state index is 10.8. The second-order valence-corrected chi connectivity index (χ2v) is 3.64. The topological polar surface area (TPSA) is 83.8 Å². The Morgan fingerprint density at radius 2 is 2.08 bits per heavy atom. The minimum Gasteiger partial charge on any atom is -0.481 e. The highest BCUT2D eigenvalue weighted by atomic mass is 16.6. The van der Waals surface area contributed by atoms with E-state index in [1.54, 1.807) is 0 Å². The lowest BCUT2D eigenvalue weighted by Gasteiger charge is -2.20. The lowest BCUT2D eigenvalue weighted by Crippen LogP contribution is -2.37. The molecule has 0 aromatic rings. The summed E-state index contributed by atoms with van der Waals surface area (Å²) in [5.74, 6) is -2.61. The van der Waals surface area contributed by atoms with E-state index < -0.39 is 29.6 Å². The number of rotatable bonds is 2. The Morgan fingerprint density at radius 3 is 2.46 bits per heavy atom. The van der Waals surface area contributed by atoms with Gasteiger partial charge in [0.1, 0.15) is 0 Å². The fraction of sp³-hybridized carbons (Fsp3) is 0.750. The summed E-state index contributed by atoms with van der Waals surface area (Å²) in [6.45, 7) is 0. The fourth-order valence-electron chi connectivity index (χ4n) is 2.19. The van der Waals surface area contributed by atoms with Gasteiger partial charge in [-0.25, -0.2) is 4.79 Å². The number of carboxylic acids is 2. The Hall–Kier alpha value is -1.10. The van der Waals surface area contributed by atoms with Gasteiger partial charge in [0.2, 0.25) is 0 Å². The first-order valence-corrected chi connectivity index (χ1v) is 4.19.